The van der Waals surface area contributed by atoms with Gasteiger partial charge in [0.15, 0.2) is 0 Å². The Morgan fingerprint density at radius 1 is 1.14 bits per heavy atom. The van der Waals surface area contributed by atoms with Crippen LogP contribution in [0.2, 0.25) is 0 Å². The van der Waals surface area contributed by atoms with E-state index in [0.29, 0.717) is 13.2 Å². The first kappa shape index (κ1) is 24.3. The second-order valence-electron chi connectivity index (χ2n) is 1.53. The van der Waals surface area contributed by atoms with Gasteiger partial charge >= 0.3 is 53.0 Å². The van der Waals surface area contributed by atoms with E-state index < -0.39 is 15.5 Å². The second kappa shape index (κ2) is 37.0. The van der Waals surface area contributed by atoms with Crippen molar-refractivity contribution in [1.82, 2.24) is 0 Å². The maximum atomic E-state index is 8.46. The Morgan fingerprint density at radius 3 is 1.36 bits per heavy atom. The fraction of sp³-hybridized carbons (Fsp3) is 1.00. The van der Waals surface area contributed by atoms with E-state index in [2.05, 4.69) is 9.47 Å². The molecule has 0 radical (unpaired) electrons. The third-order valence-electron chi connectivity index (χ3n) is 0.591. The van der Waals surface area contributed by atoms with Crippen molar-refractivity contribution in [2.45, 2.75) is 0 Å². The molecule has 8 heteroatoms. The monoisotopic (exact) mass is 234 g/mol. The average molecular weight is 234 g/mol. The van der Waals surface area contributed by atoms with Gasteiger partial charge in [0.05, 0.1) is 26.4 Å². The fourth-order valence-electron chi connectivity index (χ4n) is 0.183. The van der Waals surface area contributed by atoms with Crippen LogP contribution in [-0.2, 0) is 13.3 Å². The number of hydrogen-bond acceptors (Lipinski definition) is 6. The molecule has 0 aromatic heterocycles. The molecule has 0 amide bonds. The topological polar surface area (TPSA) is 99.1 Å². The Morgan fingerprint density at radius 2 is 1.36 bits per heavy atom. The van der Waals surface area contributed by atoms with Gasteiger partial charge in [0, 0.05) is 14.2 Å². The van der Waals surface area contributed by atoms with Crippen molar-refractivity contribution >= 4 is 15.5 Å². The van der Waals surface area contributed by atoms with Gasteiger partial charge in [-0.15, -0.1) is 0 Å². The van der Waals surface area contributed by atoms with E-state index in [0.717, 1.165) is 0 Å². The molecule has 2 N–H and O–H groups in total. The predicted octanol–water partition coefficient (Wildman–Crippen LogP) is -5.43. The SMILES string of the molecule is COCCO.COCCO.[Na+].[O]=[Al][O-]. The van der Waals surface area contributed by atoms with Gasteiger partial charge in [0.2, 0.25) is 0 Å². The number of rotatable bonds is 4. The summed E-state index contributed by atoms with van der Waals surface area (Å²) in [6.45, 7) is 1.13. The summed E-state index contributed by atoms with van der Waals surface area (Å²) in [6, 6.07) is 0. The van der Waals surface area contributed by atoms with Crippen LogP contribution in [0.25, 0.3) is 0 Å². The van der Waals surface area contributed by atoms with Crippen LogP contribution in [0.1, 0.15) is 0 Å². The molecule has 0 heterocycles. The van der Waals surface area contributed by atoms with Crippen molar-refractivity contribution < 1.29 is 57.2 Å². The molecule has 0 saturated carbocycles. The van der Waals surface area contributed by atoms with E-state index in [4.69, 9.17) is 18.2 Å². The average Bonchev–Trinajstić information content (AvgIpc) is 2.09. The number of hydrogen-bond donors (Lipinski definition) is 2. The summed E-state index contributed by atoms with van der Waals surface area (Å²) in [7, 11) is 3.10. The molecule has 14 heavy (non-hydrogen) atoms. The first-order valence-corrected chi connectivity index (χ1v) is 4.44. The molecule has 0 unspecified atom stereocenters. The van der Waals surface area contributed by atoms with Crippen molar-refractivity contribution in [1.29, 1.82) is 0 Å². The Bertz CT molecular complexity index is 67.3. The molecule has 0 fully saturated rings. The van der Waals surface area contributed by atoms with Crippen molar-refractivity contribution in [3.8, 4) is 0 Å². The van der Waals surface area contributed by atoms with Crippen molar-refractivity contribution in [2.24, 2.45) is 0 Å². The summed E-state index contributed by atoms with van der Waals surface area (Å²) < 4.78 is 25.8. The molecule has 6 nitrogen and oxygen atoms in total. The summed E-state index contributed by atoms with van der Waals surface area (Å²) in [4.78, 5) is 0. The Kier molecular flexibility index (Phi) is 64.2. The van der Waals surface area contributed by atoms with Gasteiger partial charge in [-0.1, -0.05) is 0 Å². The minimum absolute atomic E-state index is 0. The molecule has 0 spiro atoms. The van der Waals surface area contributed by atoms with Crippen LogP contribution in [0.4, 0.5) is 0 Å². The quantitative estimate of drug-likeness (QED) is 0.471. The Labute approximate surface area is 113 Å². The number of aliphatic hydroxyl groups is 2. The zero-order valence-electron chi connectivity index (χ0n) is 8.93. The summed E-state index contributed by atoms with van der Waals surface area (Å²) in [5.41, 5.74) is 0. The van der Waals surface area contributed by atoms with Gasteiger partial charge in [-0.2, -0.15) is 0 Å². The molecule has 0 atom stereocenters. The number of aliphatic hydroxyl groups excluding tert-OH is 2. The molecule has 0 aromatic rings. The molecule has 0 aliphatic heterocycles. The molecule has 0 saturated heterocycles. The molecule has 80 valence electrons. The van der Waals surface area contributed by atoms with Crippen molar-refractivity contribution in [2.75, 3.05) is 40.6 Å². The fourth-order valence-corrected chi connectivity index (χ4v) is 0.183. The minimum atomic E-state index is -1.75. The van der Waals surface area contributed by atoms with Gasteiger partial charge in [-0.3, -0.25) is 0 Å². The summed E-state index contributed by atoms with van der Waals surface area (Å²) in [5.74, 6) is 0. The third kappa shape index (κ3) is 75.2. The molecular weight excluding hydrogens is 218 g/mol. The van der Waals surface area contributed by atoms with Crippen molar-refractivity contribution in [3.63, 3.8) is 0 Å². The van der Waals surface area contributed by atoms with Gasteiger partial charge in [0.25, 0.3) is 0 Å². The van der Waals surface area contributed by atoms with E-state index in [1.54, 1.807) is 14.2 Å². The molecule has 0 aliphatic carbocycles. The summed E-state index contributed by atoms with van der Waals surface area (Å²) >= 11 is -1.75. The standard InChI is InChI=1S/2C3H8O2.Al.Na.2O/c2*1-5-3-2-4;;;;/h2*4H,2-3H2,1H3;;;;/q;;;+1;;-1. The van der Waals surface area contributed by atoms with E-state index in [1.807, 2.05) is 0 Å². The zero-order valence-corrected chi connectivity index (χ0v) is 12.1. The van der Waals surface area contributed by atoms with Crippen LogP contribution < -0.4 is 33.7 Å². The van der Waals surface area contributed by atoms with Gasteiger partial charge in [-0.25, -0.2) is 0 Å². The van der Waals surface area contributed by atoms with Gasteiger partial charge < -0.3 is 19.7 Å². The number of ether oxygens (including phenoxy) is 2. The van der Waals surface area contributed by atoms with E-state index in [-0.39, 0.29) is 42.8 Å². The maximum absolute atomic E-state index is 8.46. The van der Waals surface area contributed by atoms with Crippen LogP contribution in [-0.4, -0.2) is 66.3 Å². The van der Waals surface area contributed by atoms with Crippen LogP contribution >= 0.6 is 0 Å². The Balaban J connectivity index is -0.0000000535. The van der Waals surface area contributed by atoms with Crippen LogP contribution in [0.15, 0.2) is 0 Å². The van der Waals surface area contributed by atoms with E-state index >= 15 is 0 Å². The molecular formula is C6H16AlNaO6. The van der Waals surface area contributed by atoms with Crippen LogP contribution in [0, 0.1) is 0 Å². The van der Waals surface area contributed by atoms with E-state index in [9.17, 15) is 0 Å². The summed E-state index contributed by atoms with van der Waals surface area (Å²) in [6.07, 6.45) is 0. The number of methoxy groups -OCH3 is 2. The predicted molar refractivity (Wildman–Crippen MR) is 44.4 cm³/mol. The van der Waals surface area contributed by atoms with Crippen molar-refractivity contribution in [3.05, 3.63) is 0 Å². The first-order valence-electron chi connectivity index (χ1n) is 3.50. The summed E-state index contributed by atoms with van der Waals surface area (Å²) in [5, 5.41) is 15.9. The molecule has 0 bridgehead atoms. The second-order valence-corrected chi connectivity index (χ2v) is 1.72. The normalized spacial score (nSPS) is 6.57. The molecule has 0 rings (SSSR count). The molecule has 0 aliphatic rings. The first-order chi connectivity index (χ1) is 6.24. The van der Waals surface area contributed by atoms with Gasteiger partial charge in [0.1, 0.15) is 0 Å². The third-order valence-corrected chi connectivity index (χ3v) is 0.591. The van der Waals surface area contributed by atoms with E-state index in [1.165, 1.54) is 0 Å². The van der Waals surface area contributed by atoms with Crippen LogP contribution in [0.3, 0.4) is 0 Å². The zero-order chi connectivity index (χ0) is 10.9. The Hall–Kier alpha value is 0.972. The van der Waals surface area contributed by atoms with Gasteiger partial charge in [-0.05, 0) is 0 Å². The van der Waals surface area contributed by atoms with Crippen LogP contribution in [0.5, 0.6) is 0 Å². The molecule has 0 aromatic carbocycles.